The largest absolute Gasteiger partial charge is 0.396 e. The van der Waals surface area contributed by atoms with E-state index in [0.29, 0.717) is 19.5 Å². The highest BCUT2D eigenvalue weighted by atomic mass is 19.1. The molecule has 0 spiro atoms. The fourth-order valence-corrected chi connectivity index (χ4v) is 2.16. The Morgan fingerprint density at radius 3 is 2.45 bits per heavy atom. The molecule has 1 aromatic rings. The highest BCUT2D eigenvalue weighted by Crippen LogP contribution is 2.48. The van der Waals surface area contributed by atoms with Crippen molar-refractivity contribution >= 4 is 11.6 Å². The fourth-order valence-electron chi connectivity index (χ4n) is 2.16. The number of hydrogen-bond donors (Lipinski definition) is 3. The van der Waals surface area contributed by atoms with Crippen molar-refractivity contribution < 1.29 is 13.9 Å². The first-order valence-electron chi connectivity index (χ1n) is 7.05. The minimum absolute atomic E-state index is 0.0499. The summed E-state index contributed by atoms with van der Waals surface area (Å²) in [6, 6.07) is 0.846. The molecule has 4 nitrogen and oxygen atoms in total. The number of hydrogen-bond acceptors (Lipinski definition) is 4. The van der Waals surface area contributed by atoms with Gasteiger partial charge in [-0.3, -0.25) is 0 Å². The zero-order chi connectivity index (χ0) is 14.6. The van der Waals surface area contributed by atoms with Gasteiger partial charge in [-0.05, 0) is 31.1 Å². The number of nitrogens with one attached hydrogen (secondary N) is 2. The van der Waals surface area contributed by atoms with Crippen molar-refractivity contribution in [2.24, 2.45) is 5.41 Å². The van der Waals surface area contributed by atoms with Crippen LogP contribution in [-0.4, -0.2) is 29.8 Å². The first-order valence-corrected chi connectivity index (χ1v) is 7.05. The van der Waals surface area contributed by atoms with Crippen molar-refractivity contribution in [2.45, 2.75) is 32.6 Å². The predicted molar refractivity (Wildman–Crippen MR) is 74.8 cm³/mol. The first-order chi connectivity index (χ1) is 9.60. The summed E-state index contributed by atoms with van der Waals surface area (Å²) >= 11 is 0. The minimum atomic E-state index is -0.690. The molecule has 0 aliphatic heterocycles. The first kappa shape index (κ1) is 15.0. The Morgan fingerprint density at radius 1 is 1.25 bits per heavy atom. The monoisotopic (exact) mass is 285 g/mol. The van der Waals surface area contributed by atoms with Gasteiger partial charge in [-0.25, -0.2) is 13.8 Å². The number of rotatable bonds is 8. The maximum Gasteiger partial charge on any atom is 0.168 e. The maximum absolute atomic E-state index is 13.7. The lowest BCUT2D eigenvalue weighted by Crippen LogP contribution is -2.19. The van der Waals surface area contributed by atoms with E-state index in [2.05, 4.69) is 15.6 Å². The van der Waals surface area contributed by atoms with Gasteiger partial charge in [0.25, 0.3) is 0 Å². The third kappa shape index (κ3) is 3.56. The van der Waals surface area contributed by atoms with Gasteiger partial charge in [-0.2, -0.15) is 0 Å². The normalized spacial score (nSPS) is 16.0. The average Bonchev–Trinajstić information content (AvgIpc) is 3.17. The number of aliphatic hydroxyl groups is 1. The van der Waals surface area contributed by atoms with Crippen LogP contribution in [0.3, 0.4) is 0 Å². The number of aliphatic hydroxyl groups excluding tert-OH is 1. The lowest BCUT2D eigenvalue weighted by atomic mass is 10.0. The van der Waals surface area contributed by atoms with Crippen LogP contribution < -0.4 is 10.6 Å². The summed E-state index contributed by atoms with van der Waals surface area (Å²) in [4.78, 5) is 3.97. The summed E-state index contributed by atoms with van der Waals surface area (Å²) in [5, 5.41) is 14.8. The minimum Gasteiger partial charge on any atom is -0.396 e. The van der Waals surface area contributed by atoms with Gasteiger partial charge in [0, 0.05) is 25.8 Å². The van der Waals surface area contributed by atoms with E-state index in [1.54, 1.807) is 0 Å². The zero-order valence-electron chi connectivity index (χ0n) is 11.7. The van der Waals surface area contributed by atoms with Crippen LogP contribution in [0, 0.1) is 17.0 Å². The molecule has 112 valence electrons. The van der Waals surface area contributed by atoms with Gasteiger partial charge in [0.2, 0.25) is 0 Å². The molecule has 0 radical (unpaired) electrons. The summed E-state index contributed by atoms with van der Waals surface area (Å²) in [5.41, 5.74) is 0.0499. The van der Waals surface area contributed by atoms with Crippen LogP contribution >= 0.6 is 0 Å². The Kier molecular flexibility index (Phi) is 4.75. The number of nitrogens with zero attached hydrogens (tertiary/aromatic N) is 1. The van der Waals surface area contributed by atoms with Crippen LogP contribution in [0.2, 0.25) is 0 Å². The van der Waals surface area contributed by atoms with E-state index in [1.165, 1.54) is 0 Å². The fraction of sp³-hybridized carbons (Fsp3) is 0.643. The third-order valence-electron chi connectivity index (χ3n) is 3.70. The molecule has 1 fully saturated rings. The summed E-state index contributed by atoms with van der Waals surface area (Å²) in [5.74, 6) is -1.24. The molecule has 0 bridgehead atoms. The molecule has 0 aromatic carbocycles. The van der Waals surface area contributed by atoms with Gasteiger partial charge in [0.05, 0.1) is 0 Å². The topological polar surface area (TPSA) is 57.2 Å². The second-order valence-corrected chi connectivity index (χ2v) is 5.40. The van der Waals surface area contributed by atoms with Gasteiger partial charge in [0.15, 0.2) is 23.3 Å². The summed E-state index contributed by atoms with van der Waals surface area (Å²) in [6.07, 6.45) is 3.57. The van der Waals surface area contributed by atoms with Crippen LogP contribution in [0.5, 0.6) is 0 Å². The Hall–Kier alpha value is -1.43. The SMILES string of the molecule is CCCNc1nc(NCC2(CCO)CC2)c(F)cc1F. The molecule has 1 aliphatic rings. The lowest BCUT2D eigenvalue weighted by Gasteiger charge is -2.16. The quantitative estimate of drug-likeness (QED) is 0.687. The smallest absolute Gasteiger partial charge is 0.168 e. The number of halogens is 2. The van der Waals surface area contributed by atoms with Crippen LogP contribution in [0.4, 0.5) is 20.4 Å². The van der Waals surface area contributed by atoms with Gasteiger partial charge in [-0.1, -0.05) is 6.92 Å². The molecule has 1 aromatic heterocycles. The van der Waals surface area contributed by atoms with Crippen molar-refractivity contribution in [2.75, 3.05) is 30.3 Å². The van der Waals surface area contributed by atoms with Crippen LogP contribution in [0.15, 0.2) is 6.07 Å². The van der Waals surface area contributed by atoms with Crippen molar-refractivity contribution in [3.8, 4) is 0 Å². The third-order valence-corrected chi connectivity index (χ3v) is 3.70. The molecule has 3 N–H and O–H groups in total. The van der Waals surface area contributed by atoms with Crippen LogP contribution in [0.1, 0.15) is 32.6 Å². The van der Waals surface area contributed by atoms with Crippen molar-refractivity contribution in [1.82, 2.24) is 4.98 Å². The summed E-state index contributed by atoms with van der Waals surface area (Å²) in [6.45, 7) is 3.23. The van der Waals surface area contributed by atoms with Gasteiger partial charge in [0.1, 0.15) is 0 Å². The van der Waals surface area contributed by atoms with Gasteiger partial charge < -0.3 is 15.7 Å². The molecule has 0 atom stereocenters. The Morgan fingerprint density at radius 2 is 1.90 bits per heavy atom. The standard InChI is InChI=1S/C14H21F2N3O/c1-2-6-17-12-10(15)8-11(16)13(19-12)18-9-14(3-4-14)5-7-20/h8,20H,2-7,9H2,1H3,(H2,17,18,19). The number of pyridine rings is 1. The summed E-state index contributed by atoms with van der Waals surface area (Å²) < 4.78 is 27.2. The molecule has 0 saturated heterocycles. The second kappa shape index (κ2) is 6.35. The molecule has 20 heavy (non-hydrogen) atoms. The molecular weight excluding hydrogens is 264 g/mol. The summed E-state index contributed by atoms with van der Waals surface area (Å²) in [7, 11) is 0. The van der Waals surface area contributed by atoms with Crippen LogP contribution in [-0.2, 0) is 0 Å². The molecule has 2 rings (SSSR count). The molecule has 0 amide bonds. The van der Waals surface area contributed by atoms with E-state index in [1.807, 2.05) is 6.92 Å². The zero-order valence-corrected chi connectivity index (χ0v) is 11.7. The molecule has 1 saturated carbocycles. The van der Waals surface area contributed by atoms with Gasteiger partial charge >= 0.3 is 0 Å². The maximum atomic E-state index is 13.7. The molecule has 1 aliphatic carbocycles. The average molecular weight is 285 g/mol. The van der Waals surface area contributed by atoms with Crippen LogP contribution in [0.25, 0.3) is 0 Å². The Bertz CT molecular complexity index is 464. The highest BCUT2D eigenvalue weighted by Gasteiger charge is 2.41. The van der Waals surface area contributed by atoms with Crippen molar-refractivity contribution in [3.05, 3.63) is 17.7 Å². The van der Waals surface area contributed by atoms with Crippen molar-refractivity contribution in [3.63, 3.8) is 0 Å². The van der Waals surface area contributed by atoms with E-state index in [-0.39, 0.29) is 23.7 Å². The van der Waals surface area contributed by atoms with Gasteiger partial charge in [-0.15, -0.1) is 0 Å². The lowest BCUT2D eigenvalue weighted by molar-refractivity contribution is 0.253. The molecule has 1 heterocycles. The predicted octanol–water partition coefficient (Wildman–Crippen LogP) is 2.76. The number of aromatic nitrogens is 1. The van der Waals surface area contributed by atoms with E-state index in [9.17, 15) is 8.78 Å². The molecule has 6 heteroatoms. The highest BCUT2D eigenvalue weighted by molar-refractivity contribution is 5.47. The van der Waals surface area contributed by atoms with E-state index in [0.717, 1.165) is 25.3 Å². The van der Waals surface area contributed by atoms with Crippen molar-refractivity contribution in [1.29, 1.82) is 0 Å². The van der Waals surface area contributed by atoms with E-state index >= 15 is 0 Å². The second-order valence-electron chi connectivity index (χ2n) is 5.40. The Labute approximate surface area is 117 Å². The molecule has 0 unspecified atom stereocenters. The van der Waals surface area contributed by atoms with E-state index in [4.69, 9.17) is 5.11 Å². The molecular formula is C14H21F2N3O. The number of anilines is 2. The Balaban J connectivity index is 2.03. The van der Waals surface area contributed by atoms with E-state index < -0.39 is 11.6 Å².